The molecule has 1 heterocycles. The van der Waals surface area contributed by atoms with Crippen LogP contribution in [0.5, 0.6) is 0 Å². The van der Waals surface area contributed by atoms with E-state index >= 15 is 0 Å². The lowest BCUT2D eigenvalue weighted by Crippen LogP contribution is -2.14. The van der Waals surface area contributed by atoms with Gasteiger partial charge in [-0.2, -0.15) is 0 Å². The van der Waals surface area contributed by atoms with Gasteiger partial charge in [0, 0.05) is 5.56 Å². The van der Waals surface area contributed by atoms with E-state index in [1.807, 2.05) is 36.4 Å². The quantitative estimate of drug-likeness (QED) is 0.713. The summed E-state index contributed by atoms with van der Waals surface area (Å²) in [6.45, 7) is 1.82. The summed E-state index contributed by atoms with van der Waals surface area (Å²) in [5, 5.41) is 10.7. The molecule has 29 heavy (non-hydrogen) atoms. The molecule has 0 radical (unpaired) electrons. The molecule has 1 aliphatic heterocycles. The highest BCUT2D eigenvalue weighted by Crippen LogP contribution is 2.38. The largest absolute Gasteiger partial charge is 0.506 e. The minimum absolute atomic E-state index is 0.0968. The highest BCUT2D eigenvalue weighted by molar-refractivity contribution is 8.18. The van der Waals surface area contributed by atoms with Crippen molar-refractivity contribution < 1.29 is 19.4 Å². The number of ether oxygens (including phenoxy) is 1. The predicted molar refractivity (Wildman–Crippen MR) is 116 cm³/mol. The zero-order chi connectivity index (χ0) is 20.6. The third kappa shape index (κ3) is 5.12. The van der Waals surface area contributed by atoms with Crippen molar-refractivity contribution in [1.82, 2.24) is 0 Å². The van der Waals surface area contributed by atoms with E-state index in [1.165, 1.54) is 0 Å². The fourth-order valence-electron chi connectivity index (χ4n) is 2.56. The van der Waals surface area contributed by atoms with Gasteiger partial charge in [0.25, 0.3) is 5.91 Å². The second kappa shape index (κ2) is 9.71. The van der Waals surface area contributed by atoms with Gasteiger partial charge in [0.05, 0.1) is 11.5 Å². The van der Waals surface area contributed by atoms with Crippen molar-refractivity contribution in [1.29, 1.82) is 0 Å². The second-order valence-corrected chi connectivity index (χ2v) is 6.97. The van der Waals surface area contributed by atoms with Crippen LogP contribution in [0.4, 0.5) is 0 Å². The topological polar surface area (TPSA) is 76.0 Å². The van der Waals surface area contributed by atoms with Crippen molar-refractivity contribution in [2.24, 2.45) is 4.99 Å². The Kier molecular flexibility index (Phi) is 6.81. The van der Waals surface area contributed by atoms with Crippen molar-refractivity contribution in [3.05, 3.63) is 100 Å². The summed E-state index contributed by atoms with van der Waals surface area (Å²) in [4.78, 5) is 29.3. The summed E-state index contributed by atoms with van der Waals surface area (Å²) >= 11 is 1.05. The Balaban J connectivity index is 1.91. The van der Waals surface area contributed by atoms with E-state index in [1.54, 1.807) is 49.4 Å². The Hall–Kier alpha value is -3.38. The average molecular weight is 405 g/mol. The second-order valence-electron chi connectivity index (χ2n) is 5.93. The molecule has 1 aliphatic rings. The molecule has 0 aliphatic carbocycles. The lowest BCUT2D eigenvalue weighted by atomic mass is 10.2. The number of amides is 1. The van der Waals surface area contributed by atoms with Gasteiger partial charge in [0.1, 0.15) is 16.4 Å². The number of allylic oxidation sites excluding steroid dienone is 2. The molecule has 0 saturated carbocycles. The number of hydrogen-bond donors (Lipinski definition) is 1. The summed E-state index contributed by atoms with van der Waals surface area (Å²) in [6, 6.07) is 18.2. The number of aliphatic hydroxyl groups is 1. The predicted octanol–water partition coefficient (Wildman–Crippen LogP) is 4.94. The Morgan fingerprint density at radius 2 is 1.72 bits per heavy atom. The fourth-order valence-corrected chi connectivity index (χ4v) is 3.52. The molecular formula is C23H19NO4S. The van der Waals surface area contributed by atoms with Gasteiger partial charge < -0.3 is 9.84 Å². The zero-order valence-corrected chi connectivity index (χ0v) is 16.6. The van der Waals surface area contributed by atoms with E-state index in [0.29, 0.717) is 10.5 Å². The van der Waals surface area contributed by atoms with Gasteiger partial charge in [0.2, 0.25) is 0 Å². The molecule has 6 heteroatoms. The minimum Gasteiger partial charge on any atom is -0.506 e. The molecule has 3 rings (SSSR count). The number of nitrogens with zero attached hydrogens (tertiary/aromatic N) is 1. The third-order valence-corrected chi connectivity index (χ3v) is 4.97. The Labute approximate surface area is 173 Å². The van der Waals surface area contributed by atoms with Crippen LogP contribution in [-0.2, 0) is 9.53 Å². The van der Waals surface area contributed by atoms with Gasteiger partial charge in [0.15, 0.2) is 0 Å². The number of aliphatic hydroxyl groups excluding tert-OH is 1. The first-order chi connectivity index (χ1) is 14.1. The molecule has 2 aromatic carbocycles. The summed E-state index contributed by atoms with van der Waals surface area (Å²) in [7, 11) is 0. The van der Waals surface area contributed by atoms with Crippen molar-refractivity contribution in [2.45, 2.75) is 6.92 Å². The summed E-state index contributed by atoms with van der Waals surface area (Å²) in [5.74, 6) is -1.46. The number of carbonyl (C=O) groups excluding carboxylic acids is 2. The number of thioether (sulfide) groups is 1. The third-order valence-electron chi connectivity index (χ3n) is 3.93. The van der Waals surface area contributed by atoms with Gasteiger partial charge in [-0.25, -0.2) is 9.79 Å². The number of aliphatic imine (C=N–C) groups is 1. The summed E-state index contributed by atoms with van der Waals surface area (Å²) in [6.07, 6.45) is 5.30. The maximum Gasteiger partial charge on any atom is 0.344 e. The first kappa shape index (κ1) is 20.4. The summed E-state index contributed by atoms with van der Waals surface area (Å²) in [5.41, 5.74) is 1.29. The molecule has 0 spiro atoms. The van der Waals surface area contributed by atoms with Crippen molar-refractivity contribution >= 4 is 34.8 Å². The number of carbonyl (C=O) groups is 2. The van der Waals surface area contributed by atoms with E-state index in [-0.39, 0.29) is 23.0 Å². The molecule has 1 N–H and O–H groups in total. The lowest BCUT2D eigenvalue weighted by molar-refractivity contribution is -0.138. The van der Waals surface area contributed by atoms with E-state index < -0.39 is 11.9 Å². The van der Waals surface area contributed by atoms with E-state index in [4.69, 9.17) is 4.74 Å². The number of esters is 1. The van der Waals surface area contributed by atoms with Gasteiger partial charge in [-0.3, -0.25) is 4.79 Å². The molecule has 0 unspecified atom stereocenters. The zero-order valence-electron chi connectivity index (χ0n) is 15.7. The maximum atomic E-state index is 12.4. The van der Waals surface area contributed by atoms with Gasteiger partial charge in [-0.15, -0.1) is 0 Å². The maximum absolute atomic E-state index is 12.4. The van der Waals surface area contributed by atoms with Crippen LogP contribution in [0.1, 0.15) is 22.8 Å². The van der Waals surface area contributed by atoms with Gasteiger partial charge >= 0.3 is 5.97 Å². The van der Waals surface area contributed by atoms with E-state index in [0.717, 1.165) is 17.3 Å². The van der Waals surface area contributed by atoms with Gasteiger partial charge in [-0.05, 0) is 30.7 Å². The molecular weight excluding hydrogens is 386 g/mol. The normalized spacial score (nSPS) is 16.7. The molecule has 0 aromatic heterocycles. The van der Waals surface area contributed by atoms with Crippen LogP contribution in [0, 0.1) is 0 Å². The number of hydrogen-bond acceptors (Lipinski definition) is 5. The van der Waals surface area contributed by atoms with E-state index in [9.17, 15) is 14.7 Å². The van der Waals surface area contributed by atoms with Crippen LogP contribution in [0.15, 0.2) is 94.0 Å². The number of rotatable bonds is 5. The average Bonchev–Trinajstić information content (AvgIpc) is 3.04. The first-order valence-electron chi connectivity index (χ1n) is 9.00. The van der Waals surface area contributed by atoms with Crippen LogP contribution in [0.25, 0.3) is 6.08 Å². The molecule has 5 nitrogen and oxygen atoms in total. The van der Waals surface area contributed by atoms with Crippen LogP contribution >= 0.6 is 11.8 Å². The Morgan fingerprint density at radius 1 is 1.07 bits per heavy atom. The number of benzene rings is 2. The summed E-state index contributed by atoms with van der Waals surface area (Å²) < 4.78 is 5.03. The van der Waals surface area contributed by atoms with Crippen molar-refractivity contribution in [2.75, 3.05) is 6.61 Å². The van der Waals surface area contributed by atoms with Crippen LogP contribution in [-0.4, -0.2) is 28.6 Å². The molecule has 146 valence electrons. The molecule has 0 atom stereocenters. The molecule has 0 fully saturated rings. The molecule has 0 bridgehead atoms. The minimum atomic E-state index is -0.715. The van der Waals surface area contributed by atoms with Gasteiger partial charge in [-0.1, -0.05) is 72.4 Å². The molecule has 1 amide bonds. The fraction of sp³-hybridized carbons (Fsp3) is 0.0870. The highest BCUT2D eigenvalue weighted by atomic mass is 32.2. The van der Waals surface area contributed by atoms with Crippen LogP contribution in [0.2, 0.25) is 0 Å². The monoisotopic (exact) mass is 405 g/mol. The van der Waals surface area contributed by atoms with Crippen LogP contribution < -0.4 is 0 Å². The van der Waals surface area contributed by atoms with Crippen LogP contribution in [0.3, 0.4) is 0 Å². The van der Waals surface area contributed by atoms with E-state index in [2.05, 4.69) is 4.99 Å². The standard InChI is InChI=1S/C23H19NO4S/c1-2-28-23(27)19-20(25)18(15-9-12-16-10-5-3-6-11-16)29-22(19)24-21(26)17-13-7-4-8-14-17/h3-15,25H,2H2,1H3/b12-9+,18-15-,24-22?. The van der Waals surface area contributed by atoms with Crippen molar-refractivity contribution in [3.63, 3.8) is 0 Å². The Morgan fingerprint density at radius 3 is 2.38 bits per heavy atom. The Bertz CT molecular complexity index is 1020. The lowest BCUT2D eigenvalue weighted by Gasteiger charge is -2.03. The SMILES string of the molecule is CCOC(=O)C1=C(O)/C(=C/C=C/c2ccccc2)SC1=NC(=O)c1ccccc1. The van der Waals surface area contributed by atoms with Crippen molar-refractivity contribution in [3.8, 4) is 0 Å². The smallest absolute Gasteiger partial charge is 0.344 e. The highest BCUT2D eigenvalue weighted by Gasteiger charge is 2.33. The molecule has 2 aromatic rings. The molecule has 0 saturated heterocycles. The first-order valence-corrected chi connectivity index (χ1v) is 9.82.